The largest absolute Gasteiger partial charge is 0.329 e. The molecular weight excluding hydrogens is 268 g/mol. The SMILES string of the molecule is CCc1ccc(S(=O)(=O)NC(CC)(CC)CN)s1. The maximum atomic E-state index is 12.3. The van der Waals surface area contributed by atoms with Gasteiger partial charge < -0.3 is 5.73 Å². The molecular formula is C12H22N2O2S2. The maximum Gasteiger partial charge on any atom is 0.250 e. The Morgan fingerprint density at radius 2 is 1.89 bits per heavy atom. The maximum absolute atomic E-state index is 12.3. The van der Waals surface area contributed by atoms with Gasteiger partial charge in [0.15, 0.2) is 0 Å². The third-order valence-corrected chi connectivity index (χ3v) is 6.65. The summed E-state index contributed by atoms with van der Waals surface area (Å²) in [6.45, 7) is 6.22. The zero-order chi connectivity index (χ0) is 13.8. The van der Waals surface area contributed by atoms with Crippen LogP contribution in [-0.2, 0) is 16.4 Å². The molecule has 0 saturated carbocycles. The van der Waals surface area contributed by atoms with Crippen LogP contribution in [0.25, 0.3) is 0 Å². The van der Waals surface area contributed by atoms with Crippen LogP contribution in [-0.4, -0.2) is 20.5 Å². The smallest absolute Gasteiger partial charge is 0.250 e. The molecule has 1 aromatic rings. The fourth-order valence-electron chi connectivity index (χ4n) is 1.75. The van der Waals surface area contributed by atoms with Crippen LogP contribution in [0.1, 0.15) is 38.5 Å². The van der Waals surface area contributed by atoms with E-state index in [-0.39, 0.29) is 0 Å². The Morgan fingerprint density at radius 3 is 2.28 bits per heavy atom. The van der Waals surface area contributed by atoms with Gasteiger partial charge in [-0.15, -0.1) is 11.3 Å². The van der Waals surface area contributed by atoms with Gasteiger partial charge >= 0.3 is 0 Å². The molecule has 3 N–H and O–H groups in total. The van der Waals surface area contributed by atoms with Crippen molar-refractivity contribution in [3.63, 3.8) is 0 Å². The summed E-state index contributed by atoms with van der Waals surface area (Å²) in [5, 5.41) is 0. The van der Waals surface area contributed by atoms with Gasteiger partial charge in [0.2, 0.25) is 0 Å². The highest BCUT2D eigenvalue weighted by Crippen LogP contribution is 2.24. The molecule has 0 aliphatic heterocycles. The van der Waals surface area contributed by atoms with E-state index in [2.05, 4.69) is 4.72 Å². The van der Waals surface area contributed by atoms with Crippen LogP contribution < -0.4 is 10.5 Å². The highest BCUT2D eigenvalue weighted by molar-refractivity contribution is 7.91. The molecule has 1 aromatic heterocycles. The van der Waals surface area contributed by atoms with Gasteiger partial charge in [-0.05, 0) is 31.4 Å². The topological polar surface area (TPSA) is 72.2 Å². The Morgan fingerprint density at radius 1 is 1.28 bits per heavy atom. The number of hydrogen-bond donors (Lipinski definition) is 2. The van der Waals surface area contributed by atoms with Crippen LogP contribution in [0.2, 0.25) is 0 Å². The molecule has 0 radical (unpaired) electrons. The minimum absolute atomic E-state index is 0.311. The average molecular weight is 290 g/mol. The van der Waals surface area contributed by atoms with Crippen molar-refractivity contribution in [1.82, 2.24) is 4.72 Å². The molecule has 6 heteroatoms. The van der Waals surface area contributed by atoms with Gasteiger partial charge in [0, 0.05) is 17.0 Å². The summed E-state index contributed by atoms with van der Waals surface area (Å²) in [4.78, 5) is 1.07. The zero-order valence-corrected chi connectivity index (χ0v) is 12.8. The van der Waals surface area contributed by atoms with Crippen molar-refractivity contribution in [3.8, 4) is 0 Å². The summed E-state index contributed by atoms with van der Waals surface area (Å²) in [5.41, 5.74) is 5.19. The summed E-state index contributed by atoms with van der Waals surface area (Å²) < 4.78 is 27.7. The molecule has 1 rings (SSSR count). The summed E-state index contributed by atoms with van der Waals surface area (Å²) in [7, 11) is -3.45. The number of aryl methyl sites for hydroxylation is 1. The van der Waals surface area contributed by atoms with Gasteiger partial charge in [0.25, 0.3) is 10.0 Å². The molecule has 0 amide bonds. The van der Waals surface area contributed by atoms with E-state index < -0.39 is 15.6 Å². The van der Waals surface area contributed by atoms with Crippen molar-refractivity contribution >= 4 is 21.4 Å². The normalized spacial score (nSPS) is 12.9. The highest BCUT2D eigenvalue weighted by atomic mass is 32.2. The van der Waals surface area contributed by atoms with Crippen molar-refractivity contribution in [3.05, 3.63) is 17.0 Å². The average Bonchev–Trinajstić information content (AvgIpc) is 2.85. The monoisotopic (exact) mass is 290 g/mol. The first-order valence-electron chi connectivity index (χ1n) is 6.25. The number of sulfonamides is 1. The third kappa shape index (κ3) is 3.32. The quantitative estimate of drug-likeness (QED) is 0.808. The first kappa shape index (κ1) is 15.6. The number of hydrogen-bond acceptors (Lipinski definition) is 4. The van der Waals surface area contributed by atoms with Crippen LogP contribution in [0.5, 0.6) is 0 Å². The molecule has 104 valence electrons. The van der Waals surface area contributed by atoms with Crippen molar-refractivity contribution in [2.24, 2.45) is 5.73 Å². The minimum Gasteiger partial charge on any atom is -0.329 e. The van der Waals surface area contributed by atoms with Gasteiger partial charge in [-0.3, -0.25) is 0 Å². The number of nitrogens with one attached hydrogen (secondary N) is 1. The standard InChI is InChI=1S/C12H22N2O2S2/c1-4-10-7-8-11(17-10)18(15,16)14-12(5-2,6-3)9-13/h7-8,14H,4-6,9,13H2,1-3H3. The molecule has 0 atom stereocenters. The lowest BCUT2D eigenvalue weighted by Crippen LogP contribution is -2.52. The second-order valence-electron chi connectivity index (χ2n) is 4.37. The Bertz CT molecular complexity index is 468. The zero-order valence-electron chi connectivity index (χ0n) is 11.2. The van der Waals surface area contributed by atoms with E-state index in [0.717, 1.165) is 11.3 Å². The van der Waals surface area contributed by atoms with Gasteiger partial charge in [0.05, 0.1) is 0 Å². The minimum atomic E-state index is -3.45. The fraction of sp³-hybridized carbons (Fsp3) is 0.667. The van der Waals surface area contributed by atoms with Crippen LogP contribution in [0.4, 0.5) is 0 Å². The molecule has 18 heavy (non-hydrogen) atoms. The van der Waals surface area contributed by atoms with Gasteiger partial charge in [0.1, 0.15) is 4.21 Å². The molecule has 0 aromatic carbocycles. The van der Waals surface area contributed by atoms with E-state index in [0.29, 0.717) is 23.6 Å². The summed E-state index contributed by atoms with van der Waals surface area (Å²) >= 11 is 1.32. The van der Waals surface area contributed by atoms with Crippen LogP contribution in [0, 0.1) is 0 Å². The first-order valence-corrected chi connectivity index (χ1v) is 8.55. The summed E-state index contributed by atoms with van der Waals surface area (Å²) in [6, 6.07) is 3.53. The van der Waals surface area contributed by atoms with Gasteiger partial charge in [-0.1, -0.05) is 20.8 Å². The van der Waals surface area contributed by atoms with Gasteiger partial charge in [-0.2, -0.15) is 0 Å². The number of rotatable bonds is 7. The molecule has 0 bridgehead atoms. The summed E-state index contributed by atoms with van der Waals surface area (Å²) in [6.07, 6.45) is 2.22. The van der Waals surface area contributed by atoms with Crippen molar-refractivity contribution in [1.29, 1.82) is 0 Å². The Kier molecular flexibility index (Phi) is 5.33. The fourth-order valence-corrected chi connectivity index (χ4v) is 4.60. The number of thiophene rings is 1. The predicted molar refractivity (Wildman–Crippen MR) is 76.4 cm³/mol. The van der Waals surface area contributed by atoms with E-state index in [1.54, 1.807) is 6.07 Å². The van der Waals surface area contributed by atoms with E-state index in [1.807, 2.05) is 26.8 Å². The number of nitrogens with two attached hydrogens (primary N) is 1. The van der Waals surface area contributed by atoms with E-state index in [4.69, 9.17) is 5.73 Å². The second-order valence-corrected chi connectivity index (χ2v) is 7.45. The second kappa shape index (κ2) is 6.14. The van der Waals surface area contributed by atoms with E-state index in [1.165, 1.54) is 11.3 Å². The molecule has 0 spiro atoms. The van der Waals surface area contributed by atoms with Crippen molar-refractivity contribution < 1.29 is 8.42 Å². The predicted octanol–water partition coefficient (Wildman–Crippen LogP) is 2.11. The highest BCUT2D eigenvalue weighted by Gasteiger charge is 2.31. The molecule has 0 unspecified atom stereocenters. The first-order chi connectivity index (χ1) is 8.43. The Hall–Kier alpha value is -0.430. The molecule has 0 aliphatic carbocycles. The molecule has 4 nitrogen and oxygen atoms in total. The lowest BCUT2D eigenvalue weighted by Gasteiger charge is -2.30. The van der Waals surface area contributed by atoms with Crippen LogP contribution in [0.15, 0.2) is 16.3 Å². The van der Waals surface area contributed by atoms with Crippen molar-refractivity contribution in [2.75, 3.05) is 6.54 Å². The van der Waals surface area contributed by atoms with E-state index >= 15 is 0 Å². The molecule has 0 aliphatic rings. The molecule has 1 heterocycles. The van der Waals surface area contributed by atoms with Crippen LogP contribution >= 0.6 is 11.3 Å². The van der Waals surface area contributed by atoms with Gasteiger partial charge in [-0.25, -0.2) is 13.1 Å². The van der Waals surface area contributed by atoms with Crippen molar-refractivity contribution in [2.45, 2.75) is 49.8 Å². The summed E-state index contributed by atoms with van der Waals surface area (Å²) in [5.74, 6) is 0. The Labute approximate surface area is 114 Å². The molecule has 0 saturated heterocycles. The third-order valence-electron chi connectivity index (χ3n) is 3.35. The molecule has 0 fully saturated rings. The lowest BCUT2D eigenvalue weighted by atomic mass is 9.95. The lowest BCUT2D eigenvalue weighted by molar-refractivity contribution is 0.363. The Balaban J connectivity index is 3.00. The van der Waals surface area contributed by atoms with E-state index in [9.17, 15) is 8.42 Å². The van der Waals surface area contributed by atoms with Crippen LogP contribution in [0.3, 0.4) is 0 Å².